The second-order valence-corrected chi connectivity index (χ2v) is 2.42. The highest BCUT2D eigenvalue weighted by Gasteiger charge is 1.94. The molecule has 0 saturated carbocycles. The predicted octanol–water partition coefficient (Wildman–Crippen LogP) is 1.98. The van der Waals surface area contributed by atoms with Gasteiger partial charge in [-0.3, -0.25) is 4.98 Å². The van der Waals surface area contributed by atoms with Crippen molar-refractivity contribution in [2.24, 2.45) is 0 Å². The van der Waals surface area contributed by atoms with Crippen LogP contribution in [0.1, 0.15) is 0 Å². The Morgan fingerprint density at radius 1 is 1.08 bits per heavy atom. The van der Waals surface area contributed by atoms with Crippen LogP contribution in [0.4, 0.5) is 5.69 Å². The number of aromatic nitrogens is 1. The Bertz CT molecular complexity index is 379. The molecule has 12 heavy (non-hydrogen) atoms. The summed E-state index contributed by atoms with van der Waals surface area (Å²) in [4.78, 5) is 4.16. The highest BCUT2D eigenvalue weighted by Crippen LogP contribution is 2.17. The summed E-state index contributed by atoms with van der Waals surface area (Å²) in [5, 5.41) is 1.02. The third kappa shape index (κ3) is 1.22. The highest BCUT2D eigenvalue weighted by molar-refractivity contribution is 5.89. The van der Waals surface area contributed by atoms with E-state index >= 15 is 0 Å². The lowest BCUT2D eigenvalue weighted by Crippen LogP contribution is -1.86. The molecule has 1 heterocycles. The molecule has 0 bridgehead atoms. The first-order chi connectivity index (χ1) is 5.38. The fraction of sp³-hybridized carbons (Fsp3) is 0. The Morgan fingerprint density at radius 2 is 1.92 bits per heavy atom. The lowest BCUT2D eigenvalue weighted by molar-refractivity contribution is 1.41. The zero-order valence-electron chi connectivity index (χ0n) is 6.70. The number of nitrogens with zero attached hydrogens (tertiary/aromatic N) is 1. The van der Waals surface area contributed by atoms with Crippen LogP contribution in [0.15, 0.2) is 36.5 Å². The maximum Gasteiger partial charge on any atom is 0.0722 e. The molecule has 5 N–H and O–H groups in total. The summed E-state index contributed by atoms with van der Waals surface area (Å²) in [7, 11) is 0. The Morgan fingerprint density at radius 3 is 2.67 bits per heavy atom. The second-order valence-electron chi connectivity index (χ2n) is 2.42. The van der Waals surface area contributed by atoms with Crippen LogP contribution in [0.5, 0.6) is 0 Å². The lowest BCUT2D eigenvalue weighted by atomic mass is 10.2. The van der Waals surface area contributed by atoms with Crippen LogP contribution in [-0.4, -0.2) is 4.98 Å². The van der Waals surface area contributed by atoms with E-state index in [9.17, 15) is 0 Å². The summed E-state index contributed by atoms with van der Waals surface area (Å²) in [6.45, 7) is 0. The van der Waals surface area contributed by atoms with Gasteiger partial charge in [-0.05, 0) is 24.3 Å². The Kier molecular flexibility index (Phi) is 2.26. The molecule has 0 aliphatic heterocycles. The molecule has 62 valence electrons. The third-order valence-corrected chi connectivity index (χ3v) is 1.68. The molecule has 0 atom stereocenters. The average molecular weight is 161 g/mol. The number of nitrogens with two attached hydrogens (primary N) is 1. The van der Waals surface area contributed by atoms with Crippen LogP contribution in [-0.2, 0) is 0 Å². The second kappa shape index (κ2) is 3.19. The first kappa shape index (κ1) is 8.49. The summed E-state index contributed by atoms with van der Waals surface area (Å²) < 4.78 is 0. The zero-order valence-corrected chi connectivity index (χ0v) is 6.70. The Labute approximate surface area is 70.8 Å². The minimum Gasteiger partial charge on any atom is -0.398 e. The van der Waals surface area contributed by atoms with E-state index in [0.29, 0.717) is 0 Å². The fourth-order valence-electron chi connectivity index (χ4n) is 1.13. The van der Waals surface area contributed by atoms with Crippen LogP contribution in [0.25, 0.3) is 10.9 Å². The summed E-state index contributed by atoms with van der Waals surface area (Å²) in [6.07, 6.45) is 1.77. The minimum atomic E-state index is 0. The maximum absolute atomic E-state index is 5.72. The molecule has 2 aromatic rings. The molecule has 0 aliphatic rings. The largest absolute Gasteiger partial charge is 0.398 e. The molecule has 3 nitrogen and oxygen atoms in total. The quantitative estimate of drug-likeness (QED) is 0.580. The Balaban J connectivity index is 0.000000720. The number of benzene rings is 1. The van der Waals surface area contributed by atoms with Gasteiger partial charge in [-0.15, -0.1) is 0 Å². The van der Waals surface area contributed by atoms with Gasteiger partial charge in [0.25, 0.3) is 0 Å². The highest BCUT2D eigenvalue weighted by atomic mass is 14.7. The van der Waals surface area contributed by atoms with Crippen molar-refractivity contribution in [1.82, 2.24) is 11.1 Å². The van der Waals surface area contributed by atoms with Crippen molar-refractivity contribution >= 4 is 16.6 Å². The smallest absolute Gasteiger partial charge is 0.0722 e. The van der Waals surface area contributed by atoms with Gasteiger partial charge in [-0.2, -0.15) is 0 Å². The van der Waals surface area contributed by atoms with Crippen molar-refractivity contribution in [1.29, 1.82) is 0 Å². The van der Waals surface area contributed by atoms with E-state index in [1.165, 1.54) is 0 Å². The SMILES string of the molecule is N.Nc1cccc2ncccc12. The van der Waals surface area contributed by atoms with Crippen LogP contribution in [0, 0.1) is 0 Å². The van der Waals surface area contributed by atoms with E-state index in [4.69, 9.17) is 5.73 Å². The molecule has 0 amide bonds. The maximum atomic E-state index is 5.72. The fourth-order valence-corrected chi connectivity index (χ4v) is 1.13. The monoisotopic (exact) mass is 161 g/mol. The van der Waals surface area contributed by atoms with Crippen molar-refractivity contribution in [2.75, 3.05) is 5.73 Å². The molecule has 1 aromatic carbocycles. The van der Waals surface area contributed by atoms with E-state index < -0.39 is 0 Å². The molecule has 0 spiro atoms. The Hall–Kier alpha value is -1.61. The van der Waals surface area contributed by atoms with Gasteiger partial charge in [0.05, 0.1) is 5.52 Å². The molecule has 0 fully saturated rings. The molecule has 0 aliphatic carbocycles. The number of rotatable bonds is 0. The van der Waals surface area contributed by atoms with Gasteiger partial charge in [-0.1, -0.05) is 6.07 Å². The normalized spacial score (nSPS) is 9.33. The molecule has 0 saturated heterocycles. The first-order valence-corrected chi connectivity index (χ1v) is 3.47. The molecule has 3 heteroatoms. The standard InChI is InChI=1S/C9H8N2.H3N/c10-8-4-1-5-9-7(8)3-2-6-11-9;/h1-6H,10H2;1H3. The number of hydrogen-bond donors (Lipinski definition) is 2. The number of hydrogen-bond acceptors (Lipinski definition) is 3. The summed E-state index contributed by atoms with van der Waals surface area (Å²) in [6, 6.07) is 9.59. The summed E-state index contributed by atoms with van der Waals surface area (Å²) >= 11 is 0. The van der Waals surface area contributed by atoms with Gasteiger partial charge in [0.2, 0.25) is 0 Å². The molecule has 2 rings (SSSR count). The van der Waals surface area contributed by atoms with Gasteiger partial charge in [0, 0.05) is 17.3 Å². The zero-order chi connectivity index (χ0) is 7.68. The van der Waals surface area contributed by atoms with Crippen LogP contribution < -0.4 is 11.9 Å². The average Bonchev–Trinajstić information content (AvgIpc) is 2.06. The van der Waals surface area contributed by atoms with E-state index in [0.717, 1.165) is 16.6 Å². The molecular weight excluding hydrogens is 150 g/mol. The molecule has 0 radical (unpaired) electrons. The van der Waals surface area contributed by atoms with Crippen molar-refractivity contribution in [3.63, 3.8) is 0 Å². The van der Waals surface area contributed by atoms with Gasteiger partial charge in [0.1, 0.15) is 0 Å². The molecule has 1 aromatic heterocycles. The number of anilines is 1. The third-order valence-electron chi connectivity index (χ3n) is 1.68. The summed E-state index contributed by atoms with van der Waals surface area (Å²) in [5.41, 5.74) is 7.46. The van der Waals surface area contributed by atoms with E-state index in [1.54, 1.807) is 6.20 Å². The van der Waals surface area contributed by atoms with Crippen molar-refractivity contribution in [2.45, 2.75) is 0 Å². The van der Waals surface area contributed by atoms with Crippen molar-refractivity contribution in [3.8, 4) is 0 Å². The van der Waals surface area contributed by atoms with Gasteiger partial charge in [-0.25, -0.2) is 0 Å². The first-order valence-electron chi connectivity index (χ1n) is 3.47. The summed E-state index contributed by atoms with van der Waals surface area (Å²) in [5.74, 6) is 0. The van der Waals surface area contributed by atoms with Gasteiger partial charge >= 0.3 is 0 Å². The molecular formula is C9H11N3. The molecule has 0 unspecified atom stereocenters. The number of pyridine rings is 1. The van der Waals surface area contributed by atoms with Gasteiger partial charge in [0.15, 0.2) is 0 Å². The lowest BCUT2D eigenvalue weighted by Gasteiger charge is -1.97. The predicted molar refractivity (Wildman–Crippen MR) is 51.2 cm³/mol. The van der Waals surface area contributed by atoms with Gasteiger partial charge < -0.3 is 11.9 Å². The minimum absolute atomic E-state index is 0. The van der Waals surface area contributed by atoms with Crippen molar-refractivity contribution < 1.29 is 0 Å². The van der Waals surface area contributed by atoms with Crippen LogP contribution >= 0.6 is 0 Å². The topological polar surface area (TPSA) is 73.9 Å². The number of fused-ring (bicyclic) bond motifs is 1. The van der Waals surface area contributed by atoms with E-state index in [1.807, 2.05) is 30.3 Å². The van der Waals surface area contributed by atoms with Crippen LogP contribution in [0.3, 0.4) is 0 Å². The van der Waals surface area contributed by atoms with Crippen molar-refractivity contribution in [3.05, 3.63) is 36.5 Å². The van der Waals surface area contributed by atoms with E-state index in [2.05, 4.69) is 4.98 Å². The number of nitrogen functional groups attached to an aromatic ring is 1. The van der Waals surface area contributed by atoms with Crippen LogP contribution in [0.2, 0.25) is 0 Å². The van der Waals surface area contributed by atoms with E-state index in [-0.39, 0.29) is 6.15 Å².